The molecule has 0 saturated heterocycles. The molecular formula is C13H22N6OS. The lowest BCUT2D eigenvalue weighted by Gasteiger charge is -2.16. The van der Waals surface area contributed by atoms with Crippen molar-refractivity contribution in [1.82, 2.24) is 25.0 Å². The highest BCUT2D eigenvalue weighted by Gasteiger charge is 2.25. The number of nitrogens with zero attached hydrogens (tertiary/aromatic N) is 5. The van der Waals surface area contributed by atoms with Crippen LogP contribution < -0.4 is 5.84 Å². The van der Waals surface area contributed by atoms with Gasteiger partial charge in [-0.15, -0.1) is 10.2 Å². The van der Waals surface area contributed by atoms with E-state index in [-0.39, 0.29) is 16.6 Å². The molecule has 0 bridgehead atoms. The normalized spacial score (nSPS) is 13.9. The van der Waals surface area contributed by atoms with Gasteiger partial charge in [0.05, 0.1) is 5.25 Å². The van der Waals surface area contributed by atoms with Crippen molar-refractivity contribution in [2.45, 2.75) is 63.3 Å². The van der Waals surface area contributed by atoms with Crippen LogP contribution in [0.15, 0.2) is 9.68 Å². The van der Waals surface area contributed by atoms with E-state index in [4.69, 9.17) is 10.4 Å². The van der Waals surface area contributed by atoms with Crippen molar-refractivity contribution in [3.05, 3.63) is 17.5 Å². The molecule has 7 nitrogen and oxygen atoms in total. The molecule has 1 atom stereocenters. The molecule has 116 valence electrons. The topological polar surface area (TPSA) is 95.7 Å². The Labute approximate surface area is 128 Å². The number of aromatic nitrogens is 5. The first-order valence-electron chi connectivity index (χ1n) is 6.91. The largest absolute Gasteiger partial charge is 0.338 e. The molecule has 2 N–H and O–H groups in total. The predicted molar refractivity (Wildman–Crippen MR) is 81.5 cm³/mol. The molecule has 0 aliphatic heterocycles. The van der Waals surface area contributed by atoms with E-state index in [0.717, 1.165) is 5.82 Å². The van der Waals surface area contributed by atoms with E-state index in [1.807, 2.05) is 41.5 Å². The molecular weight excluding hydrogens is 288 g/mol. The minimum atomic E-state index is -0.154. The third kappa shape index (κ3) is 3.37. The highest BCUT2D eigenvalue weighted by atomic mass is 32.2. The van der Waals surface area contributed by atoms with E-state index in [0.29, 0.717) is 16.9 Å². The third-order valence-corrected chi connectivity index (χ3v) is 3.98. The SMILES string of the molecule is CC(C)c1noc([C@@H](C)Sc2nnc(C(C)(C)C)n2N)n1. The van der Waals surface area contributed by atoms with Gasteiger partial charge < -0.3 is 10.4 Å². The fourth-order valence-corrected chi connectivity index (χ4v) is 2.52. The van der Waals surface area contributed by atoms with Gasteiger partial charge in [0.15, 0.2) is 11.6 Å². The van der Waals surface area contributed by atoms with Crippen LogP contribution in [0.1, 0.15) is 70.2 Å². The second-order valence-corrected chi connectivity index (χ2v) is 7.64. The molecule has 2 heterocycles. The summed E-state index contributed by atoms with van der Waals surface area (Å²) >= 11 is 1.45. The number of nitrogens with two attached hydrogens (primary N) is 1. The number of nitrogen functional groups attached to an aromatic ring is 1. The maximum atomic E-state index is 6.07. The molecule has 0 amide bonds. The maximum Gasteiger partial charge on any atom is 0.239 e. The molecule has 0 aliphatic carbocycles. The second-order valence-electron chi connectivity index (χ2n) is 6.33. The van der Waals surface area contributed by atoms with Crippen LogP contribution in [0.4, 0.5) is 0 Å². The van der Waals surface area contributed by atoms with Crippen LogP contribution in [0.25, 0.3) is 0 Å². The highest BCUT2D eigenvalue weighted by Crippen LogP contribution is 2.34. The molecule has 21 heavy (non-hydrogen) atoms. The maximum absolute atomic E-state index is 6.07. The van der Waals surface area contributed by atoms with Crippen molar-refractivity contribution in [2.24, 2.45) is 0 Å². The smallest absolute Gasteiger partial charge is 0.239 e. The second kappa shape index (κ2) is 5.67. The zero-order valence-electron chi connectivity index (χ0n) is 13.3. The first-order valence-corrected chi connectivity index (χ1v) is 7.79. The molecule has 0 radical (unpaired) electrons. The van der Waals surface area contributed by atoms with E-state index in [9.17, 15) is 0 Å². The first kappa shape index (κ1) is 15.8. The Bertz CT molecular complexity index is 612. The van der Waals surface area contributed by atoms with Gasteiger partial charge in [-0.2, -0.15) is 4.98 Å². The van der Waals surface area contributed by atoms with E-state index in [2.05, 4.69) is 20.3 Å². The minimum absolute atomic E-state index is 0.0377. The Kier molecular flexibility index (Phi) is 4.27. The number of rotatable bonds is 4. The van der Waals surface area contributed by atoms with Gasteiger partial charge in [-0.05, 0) is 6.92 Å². The Hall–Kier alpha value is -1.57. The van der Waals surface area contributed by atoms with Crippen molar-refractivity contribution in [1.29, 1.82) is 0 Å². The van der Waals surface area contributed by atoms with Crippen LogP contribution in [0.5, 0.6) is 0 Å². The summed E-state index contributed by atoms with van der Waals surface area (Å²) in [5.74, 6) is 8.34. The van der Waals surface area contributed by atoms with Crippen LogP contribution in [-0.4, -0.2) is 25.0 Å². The predicted octanol–water partition coefficient (Wildman–Crippen LogP) is 2.65. The monoisotopic (exact) mass is 310 g/mol. The molecule has 0 aliphatic rings. The van der Waals surface area contributed by atoms with Gasteiger partial charge in [0, 0.05) is 11.3 Å². The van der Waals surface area contributed by atoms with Crippen LogP contribution in [0, 0.1) is 0 Å². The average molecular weight is 310 g/mol. The summed E-state index contributed by atoms with van der Waals surface area (Å²) in [6, 6.07) is 0. The highest BCUT2D eigenvalue weighted by molar-refractivity contribution is 7.99. The molecule has 2 aromatic heterocycles. The lowest BCUT2D eigenvalue weighted by atomic mass is 9.96. The van der Waals surface area contributed by atoms with Gasteiger partial charge in [-0.1, -0.05) is 51.5 Å². The summed E-state index contributed by atoms with van der Waals surface area (Å²) < 4.78 is 6.82. The van der Waals surface area contributed by atoms with Gasteiger partial charge in [-0.3, -0.25) is 0 Å². The number of thioether (sulfide) groups is 1. The molecule has 2 aromatic rings. The van der Waals surface area contributed by atoms with Crippen molar-refractivity contribution in [2.75, 3.05) is 5.84 Å². The van der Waals surface area contributed by atoms with Crippen LogP contribution in [-0.2, 0) is 5.41 Å². The van der Waals surface area contributed by atoms with E-state index >= 15 is 0 Å². The fraction of sp³-hybridized carbons (Fsp3) is 0.692. The van der Waals surface area contributed by atoms with Gasteiger partial charge in [0.2, 0.25) is 11.0 Å². The molecule has 0 fully saturated rings. The van der Waals surface area contributed by atoms with E-state index in [1.165, 1.54) is 16.4 Å². The molecule has 8 heteroatoms. The van der Waals surface area contributed by atoms with Crippen molar-refractivity contribution < 1.29 is 4.52 Å². The van der Waals surface area contributed by atoms with Gasteiger partial charge in [0.25, 0.3) is 0 Å². The van der Waals surface area contributed by atoms with Crippen molar-refractivity contribution in [3.63, 3.8) is 0 Å². The van der Waals surface area contributed by atoms with Crippen molar-refractivity contribution >= 4 is 11.8 Å². The Morgan fingerprint density at radius 3 is 2.33 bits per heavy atom. The zero-order valence-corrected chi connectivity index (χ0v) is 14.1. The Balaban J connectivity index is 2.16. The summed E-state index contributed by atoms with van der Waals surface area (Å²) in [6.07, 6.45) is 0. The van der Waals surface area contributed by atoms with Gasteiger partial charge in [-0.25, -0.2) is 4.68 Å². The lowest BCUT2D eigenvalue weighted by molar-refractivity contribution is 0.373. The lowest BCUT2D eigenvalue weighted by Crippen LogP contribution is -2.24. The first-order chi connectivity index (χ1) is 9.70. The number of hydrogen-bond acceptors (Lipinski definition) is 7. The van der Waals surface area contributed by atoms with Gasteiger partial charge in [0.1, 0.15) is 0 Å². The summed E-state index contributed by atoms with van der Waals surface area (Å²) in [5.41, 5.74) is -0.154. The Morgan fingerprint density at radius 1 is 1.19 bits per heavy atom. The van der Waals surface area contributed by atoms with E-state index < -0.39 is 0 Å². The summed E-state index contributed by atoms with van der Waals surface area (Å²) in [6.45, 7) is 12.2. The quantitative estimate of drug-likeness (QED) is 0.685. The van der Waals surface area contributed by atoms with Crippen molar-refractivity contribution in [3.8, 4) is 0 Å². The standard InChI is InChI=1S/C13H22N6OS/c1-7(2)9-15-10(20-18-9)8(3)21-12-17-16-11(19(12)14)13(4,5)6/h7-8H,14H2,1-6H3/t8-/m1/s1. The molecule has 2 rings (SSSR count). The third-order valence-electron chi connectivity index (χ3n) is 2.94. The minimum Gasteiger partial charge on any atom is -0.338 e. The number of hydrogen-bond donors (Lipinski definition) is 1. The van der Waals surface area contributed by atoms with Crippen LogP contribution in [0.3, 0.4) is 0 Å². The molecule has 0 unspecified atom stereocenters. The van der Waals surface area contributed by atoms with E-state index in [1.54, 1.807) is 0 Å². The summed E-state index contributed by atoms with van der Waals surface area (Å²) in [5, 5.41) is 12.9. The van der Waals surface area contributed by atoms with Gasteiger partial charge >= 0.3 is 0 Å². The summed E-state index contributed by atoms with van der Waals surface area (Å²) in [7, 11) is 0. The molecule has 0 saturated carbocycles. The van der Waals surface area contributed by atoms with Crippen LogP contribution >= 0.6 is 11.8 Å². The summed E-state index contributed by atoms with van der Waals surface area (Å²) in [4.78, 5) is 4.39. The van der Waals surface area contributed by atoms with Crippen LogP contribution in [0.2, 0.25) is 0 Å². The fourth-order valence-electron chi connectivity index (χ4n) is 1.72. The zero-order chi connectivity index (χ0) is 15.8. The Morgan fingerprint density at radius 2 is 1.86 bits per heavy atom. The molecule has 0 spiro atoms. The molecule has 0 aromatic carbocycles. The average Bonchev–Trinajstić information content (AvgIpc) is 2.96.